The fourth-order valence-electron chi connectivity index (χ4n) is 2.14. The first-order valence-corrected chi connectivity index (χ1v) is 8.69. The van der Waals surface area contributed by atoms with Gasteiger partial charge in [0.1, 0.15) is 5.75 Å². The number of rotatable bonds is 3. The molecule has 0 unspecified atom stereocenters. The van der Waals surface area contributed by atoms with Gasteiger partial charge in [-0.25, -0.2) is 0 Å². The molecule has 1 aliphatic rings. The van der Waals surface area contributed by atoms with Gasteiger partial charge in [-0.15, -0.1) is 0 Å². The third-order valence-corrected chi connectivity index (χ3v) is 3.62. The topological polar surface area (TPSA) is 46.6 Å². The van der Waals surface area contributed by atoms with Crippen LogP contribution in [0.4, 0.5) is 0 Å². The molecular formula is C22H27NO3. The first-order valence-electron chi connectivity index (χ1n) is 8.69. The van der Waals surface area contributed by atoms with Gasteiger partial charge >= 0.3 is 0 Å². The van der Waals surface area contributed by atoms with Crippen LogP contribution < -0.4 is 4.74 Å². The van der Waals surface area contributed by atoms with Crippen LogP contribution in [-0.2, 0) is 16.1 Å². The average Bonchev–Trinajstić information content (AvgIpc) is 2.98. The lowest BCUT2D eigenvalue weighted by molar-refractivity contribution is -0.137. The molecule has 0 saturated carbocycles. The highest BCUT2D eigenvalue weighted by Gasteiger charge is 2.22. The summed E-state index contributed by atoms with van der Waals surface area (Å²) >= 11 is 0. The largest absolute Gasteiger partial charge is 0.497 e. The first kappa shape index (κ1) is 21.2. The zero-order chi connectivity index (χ0) is 19.5. The maximum absolute atomic E-state index is 11.3. The minimum Gasteiger partial charge on any atom is -0.497 e. The molecule has 138 valence electrons. The Morgan fingerprint density at radius 3 is 1.62 bits per heavy atom. The molecule has 0 spiro atoms. The van der Waals surface area contributed by atoms with Crippen LogP contribution in [0.25, 0.3) is 0 Å². The molecule has 1 heterocycles. The predicted octanol–water partition coefficient (Wildman–Crippen LogP) is 4.45. The van der Waals surface area contributed by atoms with Crippen LogP contribution in [0.3, 0.4) is 0 Å². The molecule has 3 rings (SSSR count). The minimum atomic E-state index is -0.236. The molecule has 4 heteroatoms. The highest BCUT2D eigenvalue weighted by Crippen LogP contribution is 2.11. The van der Waals surface area contributed by atoms with Crippen molar-refractivity contribution in [2.24, 2.45) is 0 Å². The van der Waals surface area contributed by atoms with Crippen molar-refractivity contribution in [2.75, 3.05) is 7.11 Å². The number of aryl methyl sites for hydroxylation is 2. The van der Waals surface area contributed by atoms with Crippen molar-refractivity contribution in [1.82, 2.24) is 4.90 Å². The summed E-state index contributed by atoms with van der Waals surface area (Å²) in [6.07, 6.45) is 2.60. The number of nitrogens with zero attached hydrogens (tertiary/aromatic N) is 1. The van der Waals surface area contributed by atoms with Gasteiger partial charge in [0.05, 0.1) is 13.7 Å². The third-order valence-electron chi connectivity index (χ3n) is 3.62. The van der Waals surface area contributed by atoms with E-state index in [0.29, 0.717) is 6.54 Å². The van der Waals surface area contributed by atoms with Crippen molar-refractivity contribution in [2.45, 2.75) is 34.2 Å². The summed E-state index contributed by atoms with van der Waals surface area (Å²) in [7, 11) is 1.67. The first-order chi connectivity index (χ1) is 12.5. The zero-order valence-electron chi connectivity index (χ0n) is 16.2. The van der Waals surface area contributed by atoms with E-state index in [2.05, 4.69) is 6.92 Å². The second kappa shape index (κ2) is 10.9. The molecule has 26 heavy (non-hydrogen) atoms. The van der Waals surface area contributed by atoms with E-state index in [4.69, 9.17) is 4.74 Å². The van der Waals surface area contributed by atoms with E-state index in [-0.39, 0.29) is 11.8 Å². The lowest BCUT2D eigenvalue weighted by Gasteiger charge is -2.13. The highest BCUT2D eigenvalue weighted by molar-refractivity contribution is 6.12. The quantitative estimate of drug-likeness (QED) is 0.766. The normalized spacial score (nSPS) is 12.1. The van der Waals surface area contributed by atoms with Crippen LogP contribution in [0, 0.1) is 13.8 Å². The number of amides is 2. The van der Waals surface area contributed by atoms with Crippen LogP contribution in [0.15, 0.2) is 60.7 Å². The summed E-state index contributed by atoms with van der Waals surface area (Å²) < 4.78 is 4.97. The Morgan fingerprint density at radius 1 is 0.769 bits per heavy atom. The Balaban J connectivity index is 0.000000263. The van der Waals surface area contributed by atoms with Gasteiger partial charge in [-0.05, 0) is 31.5 Å². The highest BCUT2D eigenvalue weighted by atomic mass is 16.5. The van der Waals surface area contributed by atoms with Gasteiger partial charge in [0.15, 0.2) is 0 Å². The second-order valence-corrected chi connectivity index (χ2v) is 5.60. The summed E-state index contributed by atoms with van der Waals surface area (Å²) in [5.41, 5.74) is 3.39. The maximum atomic E-state index is 11.3. The summed E-state index contributed by atoms with van der Waals surface area (Å²) in [5.74, 6) is 0.446. The molecule has 1 aliphatic heterocycles. The number of imide groups is 1. The molecule has 0 bridgehead atoms. The number of carbonyl (C=O) groups is 2. The molecule has 0 aromatic heterocycles. The Labute approximate surface area is 156 Å². The lowest BCUT2D eigenvalue weighted by atomic mass is 10.1. The van der Waals surface area contributed by atoms with Crippen LogP contribution >= 0.6 is 0 Å². The monoisotopic (exact) mass is 353 g/mol. The standard InChI is InChI=1S/C12H11NO2.C8H10O.C2H6/c1-9-2-4-10(5-3-9)8-13-11(14)6-7-12(13)15;1-7-3-5-8(9-2)6-4-7;1-2/h2-7H,8H2,1H3;3-6H,1-2H3;1-2H3. The van der Waals surface area contributed by atoms with E-state index < -0.39 is 0 Å². The van der Waals surface area contributed by atoms with E-state index in [1.807, 2.05) is 69.3 Å². The number of benzene rings is 2. The molecule has 0 N–H and O–H groups in total. The van der Waals surface area contributed by atoms with Crippen molar-refractivity contribution in [3.63, 3.8) is 0 Å². The maximum Gasteiger partial charge on any atom is 0.253 e. The summed E-state index contributed by atoms with van der Waals surface area (Å²) in [4.78, 5) is 23.8. The molecule has 0 radical (unpaired) electrons. The summed E-state index contributed by atoms with van der Waals surface area (Å²) in [5, 5.41) is 0. The zero-order valence-corrected chi connectivity index (χ0v) is 16.2. The summed E-state index contributed by atoms with van der Waals surface area (Å²) in [6, 6.07) is 15.7. The van der Waals surface area contributed by atoms with Crippen molar-refractivity contribution in [3.8, 4) is 5.75 Å². The number of hydrogen-bond acceptors (Lipinski definition) is 3. The number of ether oxygens (including phenoxy) is 1. The molecule has 0 saturated heterocycles. The van der Waals surface area contributed by atoms with Crippen molar-refractivity contribution in [3.05, 3.63) is 77.4 Å². The Morgan fingerprint density at radius 2 is 1.19 bits per heavy atom. The molecule has 0 aliphatic carbocycles. The van der Waals surface area contributed by atoms with E-state index in [1.54, 1.807) is 7.11 Å². The predicted molar refractivity (Wildman–Crippen MR) is 105 cm³/mol. The number of carbonyl (C=O) groups excluding carboxylic acids is 2. The molecular weight excluding hydrogens is 326 g/mol. The fraction of sp³-hybridized carbons (Fsp3) is 0.273. The van der Waals surface area contributed by atoms with E-state index >= 15 is 0 Å². The van der Waals surface area contributed by atoms with Crippen LogP contribution in [0.5, 0.6) is 5.75 Å². The molecule has 2 aromatic carbocycles. The molecule has 2 amide bonds. The van der Waals surface area contributed by atoms with Crippen LogP contribution in [-0.4, -0.2) is 23.8 Å². The van der Waals surface area contributed by atoms with E-state index in [9.17, 15) is 9.59 Å². The Hall–Kier alpha value is -2.88. The number of hydrogen-bond donors (Lipinski definition) is 0. The second-order valence-electron chi connectivity index (χ2n) is 5.60. The van der Waals surface area contributed by atoms with Crippen LogP contribution in [0.1, 0.15) is 30.5 Å². The molecule has 4 nitrogen and oxygen atoms in total. The van der Waals surface area contributed by atoms with Gasteiger partial charge in [0.2, 0.25) is 0 Å². The average molecular weight is 353 g/mol. The van der Waals surface area contributed by atoms with Gasteiger partial charge in [0.25, 0.3) is 11.8 Å². The van der Waals surface area contributed by atoms with Crippen molar-refractivity contribution < 1.29 is 14.3 Å². The molecule has 0 fully saturated rings. The van der Waals surface area contributed by atoms with E-state index in [0.717, 1.165) is 16.9 Å². The van der Waals surface area contributed by atoms with Gasteiger partial charge in [-0.3, -0.25) is 14.5 Å². The third kappa shape index (κ3) is 6.55. The number of methoxy groups -OCH3 is 1. The molecule has 2 aromatic rings. The molecule has 0 atom stereocenters. The van der Waals surface area contributed by atoms with Crippen LogP contribution in [0.2, 0.25) is 0 Å². The lowest BCUT2D eigenvalue weighted by Crippen LogP contribution is -2.29. The van der Waals surface area contributed by atoms with Gasteiger partial charge in [-0.1, -0.05) is 61.4 Å². The minimum absolute atomic E-state index is 0.236. The Kier molecular flexibility index (Phi) is 8.85. The SMILES string of the molecule is CC.COc1ccc(C)cc1.Cc1ccc(CN2C(=O)C=CC2=O)cc1. The van der Waals surface area contributed by atoms with Gasteiger partial charge < -0.3 is 4.74 Å². The van der Waals surface area contributed by atoms with Gasteiger partial charge in [-0.2, -0.15) is 0 Å². The van der Waals surface area contributed by atoms with Crippen molar-refractivity contribution >= 4 is 11.8 Å². The van der Waals surface area contributed by atoms with E-state index in [1.165, 1.54) is 22.6 Å². The fourth-order valence-corrected chi connectivity index (χ4v) is 2.14. The van der Waals surface area contributed by atoms with Crippen molar-refractivity contribution in [1.29, 1.82) is 0 Å². The Bertz CT molecular complexity index is 713. The van der Waals surface area contributed by atoms with Gasteiger partial charge in [0, 0.05) is 12.2 Å². The smallest absolute Gasteiger partial charge is 0.253 e. The summed E-state index contributed by atoms with van der Waals surface area (Å²) in [6.45, 7) is 8.40.